The molecule has 3 aromatic rings. The third-order valence-electron chi connectivity index (χ3n) is 4.09. The van der Waals surface area contributed by atoms with Gasteiger partial charge in [0, 0.05) is 22.8 Å². The van der Waals surface area contributed by atoms with E-state index in [2.05, 4.69) is 20.3 Å². The number of aliphatic hydroxyl groups is 1. The van der Waals surface area contributed by atoms with Gasteiger partial charge >= 0.3 is 6.18 Å². The summed E-state index contributed by atoms with van der Waals surface area (Å²) in [5.74, 6) is -0.407. The van der Waals surface area contributed by atoms with E-state index in [9.17, 15) is 18.0 Å². The summed E-state index contributed by atoms with van der Waals surface area (Å²) in [5.41, 5.74) is 6.27. The maximum Gasteiger partial charge on any atom is 0.433 e. The number of aliphatic hydroxyl groups excluding tert-OH is 1. The molecule has 0 aliphatic rings. The number of nitrogens with zero attached hydrogens (tertiary/aromatic N) is 2. The fourth-order valence-corrected chi connectivity index (χ4v) is 3.53. The number of thiazole rings is 1. The minimum atomic E-state index is -4.51. The van der Waals surface area contributed by atoms with Crippen molar-refractivity contribution in [2.75, 3.05) is 6.54 Å². The number of hydrogen-bond donors (Lipinski definition) is 4. The molecule has 1 amide bonds. The van der Waals surface area contributed by atoms with Crippen molar-refractivity contribution >= 4 is 17.2 Å². The van der Waals surface area contributed by atoms with Crippen LogP contribution in [0.15, 0.2) is 35.8 Å². The monoisotopic (exact) mass is 425 g/mol. The number of pyridine rings is 1. The molecule has 0 aliphatic heterocycles. The number of alkyl halides is 3. The highest BCUT2D eigenvalue weighted by Crippen LogP contribution is 2.29. The number of rotatable bonds is 7. The second-order valence-corrected chi connectivity index (χ2v) is 7.04. The topological polar surface area (TPSA) is 117 Å². The molecule has 0 radical (unpaired) electrons. The average Bonchev–Trinajstić information content (AvgIpc) is 3.37. The molecule has 3 aromatic heterocycles. The summed E-state index contributed by atoms with van der Waals surface area (Å²) in [6.45, 7) is 0.132. The summed E-state index contributed by atoms with van der Waals surface area (Å²) in [7, 11) is 0. The Balaban J connectivity index is 1.74. The van der Waals surface area contributed by atoms with Crippen LogP contribution in [0.4, 0.5) is 13.2 Å². The van der Waals surface area contributed by atoms with Gasteiger partial charge < -0.3 is 21.1 Å². The molecule has 154 valence electrons. The van der Waals surface area contributed by atoms with E-state index in [1.807, 2.05) is 0 Å². The third kappa shape index (κ3) is 5.00. The molecule has 11 heteroatoms. The highest BCUT2D eigenvalue weighted by Gasteiger charge is 2.32. The van der Waals surface area contributed by atoms with Crippen LogP contribution >= 0.6 is 11.3 Å². The first kappa shape index (κ1) is 21.0. The quantitative estimate of drug-likeness (QED) is 0.464. The molecule has 0 aromatic carbocycles. The smallest absolute Gasteiger partial charge is 0.390 e. The summed E-state index contributed by atoms with van der Waals surface area (Å²) in [6, 6.07) is 4.87. The fourth-order valence-electron chi connectivity index (χ4n) is 2.63. The molecule has 0 spiro atoms. The maximum absolute atomic E-state index is 12.6. The van der Waals surface area contributed by atoms with Gasteiger partial charge in [0.2, 0.25) is 0 Å². The summed E-state index contributed by atoms with van der Waals surface area (Å²) in [6.07, 6.45) is -2.96. The molecule has 0 saturated carbocycles. The number of nitrogens with one attached hydrogen (secondary N) is 2. The summed E-state index contributed by atoms with van der Waals surface area (Å²) >= 11 is 1.31. The molecule has 5 N–H and O–H groups in total. The Kier molecular flexibility index (Phi) is 6.30. The minimum absolute atomic E-state index is 0.194. The minimum Gasteiger partial charge on any atom is -0.390 e. The van der Waals surface area contributed by atoms with Crippen molar-refractivity contribution in [1.82, 2.24) is 20.3 Å². The van der Waals surface area contributed by atoms with Crippen molar-refractivity contribution in [2.45, 2.75) is 25.2 Å². The molecule has 0 saturated heterocycles. The van der Waals surface area contributed by atoms with Crippen LogP contribution in [0.25, 0.3) is 11.3 Å². The van der Waals surface area contributed by atoms with Crippen LogP contribution in [-0.4, -0.2) is 32.5 Å². The lowest BCUT2D eigenvalue weighted by Gasteiger charge is -2.15. The van der Waals surface area contributed by atoms with E-state index in [1.165, 1.54) is 23.5 Å². The van der Waals surface area contributed by atoms with Crippen molar-refractivity contribution in [3.8, 4) is 11.3 Å². The Morgan fingerprint density at radius 3 is 2.69 bits per heavy atom. The van der Waals surface area contributed by atoms with E-state index >= 15 is 0 Å². The van der Waals surface area contributed by atoms with Gasteiger partial charge in [-0.15, -0.1) is 11.3 Å². The van der Waals surface area contributed by atoms with Crippen LogP contribution < -0.4 is 11.1 Å². The lowest BCUT2D eigenvalue weighted by atomic mass is 10.2. The summed E-state index contributed by atoms with van der Waals surface area (Å²) in [5, 5.41) is 14.3. The van der Waals surface area contributed by atoms with Crippen LogP contribution in [-0.2, 0) is 12.8 Å². The Morgan fingerprint density at radius 2 is 2.10 bits per heavy atom. The van der Waals surface area contributed by atoms with Crippen LogP contribution in [0.2, 0.25) is 0 Å². The normalized spacial score (nSPS) is 12.7. The lowest BCUT2D eigenvalue weighted by molar-refractivity contribution is -0.141. The number of H-pyrrole nitrogens is 1. The summed E-state index contributed by atoms with van der Waals surface area (Å²) in [4.78, 5) is 23.2. The van der Waals surface area contributed by atoms with Crippen LogP contribution in [0.1, 0.15) is 39.3 Å². The molecule has 7 nitrogen and oxygen atoms in total. The first-order chi connectivity index (χ1) is 13.8. The number of aromatic nitrogens is 3. The number of aromatic amines is 1. The zero-order chi connectivity index (χ0) is 21.0. The molecule has 1 atom stereocenters. The Bertz CT molecular complexity index is 969. The number of amides is 1. The number of halogens is 3. The van der Waals surface area contributed by atoms with Gasteiger partial charge in [-0.05, 0) is 37.2 Å². The zero-order valence-electron chi connectivity index (χ0n) is 15.0. The van der Waals surface area contributed by atoms with Crippen LogP contribution in [0.3, 0.4) is 0 Å². The van der Waals surface area contributed by atoms with Gasteiger partial charge in [0.15, 0.2) is 0 Å². The SMILES string of the molecule is NCCC(NC(=O)c1ccc(-c2ccc(C(F)(F)F)nc2)[nH]1)c1nc(CO)cs1. The van der Waals surface area contributed by atoms with Crippen molar-refractivity contribution < 1.29 is 23.1 Å². The predicted octanol–water partition coefficient (Wildman–Crippen LogP) is 2.86. The van der Waals surface area contributed by atoms with E-state index in [4.69, 9.17) is 10.8 Å². The highest BCUT2D eigenvalue weighted by molar-refractivity contribution is 7.09. The van der Waals surface area contributed by atoms with Gasteiger partial charge in [-0.25, -0.2) is 4.98 Å². The number of hydrogen-bond acceptors (Lipinski definition) is 6. The van der Waals surface area contributed by atoms with E-state index < -0.39 is 23.8 Å². The highest BCUT2D eigenvalue weighted by atomic mass is 32.1. The van der Waals surface area contributed by atoms with Crippen molar-refractivity contribution in [1.29, 1.82) is 0 Å². The van der Waals surface area contributed by atoms with Gasteiger partial charge in [0.25, 0.3) is 5.91 Å². The zero-order valence-corrected chi connectivity index (χ0v) is 15.8. The standard InChI is InChI=1S/C18H18F3N5O2S/c19-18(20,21)15-4-1-10(7-23-15)12-2-3-13(25-12)16(28)26-14(5-6-22)17-24-11(8-27)9-29-17/h1-4,7,9,14,25,27H,5-6,8,22H2,(H,26,28). The van der Waals surface area contributed by atoms with E-state index in [0.29, 0.717) is 34.9 Å². The van der Waals surface area contributed by atoms with Gasteiger partial charge in [-0.3, -0.25) is 9.78 Å². The fraction of sp³-hybridized carbons (Fsp3) is 0.278. The first-order valence-corrected chi connectivity index (χ1v) is 9.48. The maximum atomic E-state index is 12.6. The molecule has 3 heterocycles. The van der Waals surface area contributed by atoms with E-state index in [1.54, 1.807) is 11.4 Å². The van der Waals surface area contributed by atoms with Crippen molar-refractivity contribution in [3.05, 3.63) is 57.9 Å². The lowest BCUT2D eigenvalue weighted by Crippen LogP contribution is -2.30. The predicted molar refractivity (Wildman–Crippen MR) is 101 cm³/mol. The van der Waals surface area contributed by atoms with E-state index in [-0.39, 0.29) is 12.3 Å². The van der Waals surface area contributed by atoms with Gasteiger partial charge in [0.05, 0.1) is 18.3 Å². The molecule has 3 rings (SSSR count). The van der Waals surface area contributed by atoms with Crippen LogP contribution in [0, 0.1) is 0 Å². The van der Waals surface area contributed by atoms with Gasteiger partial charge in [-0.2, -0.15) is 13.2 Å². The largest absolute Gasteiger partial charge is 0.433 e. The first-order valence-electron chi connectivity index (χ1n) is 8.60. The second-order valence-electron chi connectivity index (χ2n) is 6.15. The average molecular weight is 425 g/mol. The molecule has 1 unspecified atom stereocenters. The molecule has 0 fully saturated rings. The number of carbonyl (C=O) groups excluding carboxylic acids is 1. The van der Waals surface area contributed by atoms with Crippen molar-refractivity contribution in [3.63, 3.8) is 0 Å². The second kappa shape index (κ2) is 8.72. The number of nitrogens with two attached hydrogens (primary N) is 1. The van der Waals surface area contributed by atoms with Crippen molar-refractivity contribution in [2.24, 2.45) is 5.73 Å². The summed E-state index contributed by atoms with van der Waals surface area (Å²) < 4.78 is 37.9. The Labute approximate surface area is 167 Å². The van der Waals surface area contributed by atoms with Crippen LogP contribution in [0.5, 0.6) is 0 Å². The molecule has 0 aliphatic carbocycles. The van der Waals surface area contributed by atoms with Gasteiger partial charge in [-0.1, -0.05) is 0 Å². The molecular weight excluding hydrogens is 407 g/mol. The molecule has 29 heavy (non-hydrogen) atoms. The number of carbonyl (C=O) groups is 1. The molecular formula is C18H18F3N5O2S. The Hall–Kier alpha value is -2.76. The third-order valence-corrected chi connectivity index (χ3v) is 5.09. The Morgan fingerprint density at radius 1 is 1.31 bits per heavy atom. The van der Waals surface area contributed by atoms with E-state index in [0.717, 1.165) is 12.3 Å². The van der Waals surface area contributed by atoms with Gasteiger partial charge in [0.1, 0.15) is 16.4 Å². The molecule has 0 bridgehead atoms.